The number of hydrogen-bond donors (Lipinski definition) is 2. The summed E-state index contributed by atoms with van der Waals surface area (Å²) >= 11 is 0. The number of anilines is 1. The summed E-state index contributed by atoms with van der Waals surface area (Å²) in [6.45, 7) is 1.14. The number of sulfone groups is 1. The Labute approximate surface area is 231 Å². The minimum absolute atomic E-state index is 0.0566. The highest BCUT2D eigenvalue weighted by Gasteiger charge is 2.27. The summed E-state index contributed by atoms with van der Waals surface area (Å²) in [4.78, 5) is 15.8. The zero-order chi connectivity index (χ0) is 28.5. The number of amides is 1. The van der Waals surface area contributed by atoms with Gasteiger partial charge >= 0.3 is 6.09 Å². The average molecular weight is 582 g/mol. The molecule has 0 saturated carbocycles. The van der Waals surface area contributed by atoms with Crippen LogP contribution in [0.5, 0.6) is 0 Å². The lowest BCUT2D eigenvalue weighted by atomic mass is 9.93. The first-order valence-electron chi connectivity index (χ1n) is 12.5. The van der Waals surface area contributed by atoms with Crippen molar-refractivity contribution >= 4 is 48.2 Å². The predicted octanol–water partition coefficient (Wildman–Crippen LogP) is 4.63. The van der Waals surface area contributed by atoms with Gasteiger partial charge in [0.2, 0.25) is 0 Å². The Balaban J connectivity index is 1.79. The fourth-order valence-corrected chi connectivity index (χ4v) is 6.85. The molecule has 208 valence electrons. The van der Waals surface area contributed by atoms with Crippen molar-refractivity contribution in [2.75, 3.05) is 24.8 Å². The second-order valence-corrected chi connectivity index (χ2v) is 13.3. The smallest absolute Gasteiger partial charge is 0.409 e. The number of ether oxygens (including phenoxy) is 1. The van der Waals surface area contributed by atoms with E-state index in [1.54, 1.807) is 36.4 Å². The van der Waals surface area contributed by atoms with Gasteiger partial charge in [0.15, 0.2) is 15.5 Å². The molecule has 2 aromatic heterocycles. The Morgan fingerprint density at radius 1 is 1.00 bits per heavy atom. The summed E-state index contributed by atoms with van der Waals surface area (Å²) in [6, 6.07) is 17.4. The van der Waals surface area contributed by atoms with Gasteiger partial charge in [0.25, 0.3) is 10.0 Å². The van der Waals surface area contributed by atoms with Crippen LogP contribution < -0.4 is 5.32 Å². The van der Waals surface area contributed by atoms with Crippen molar-refractivity contribution in [2.24, 2.45) is 5.92 Å². The number of nitrogens with one attached hydrogen (secondary N) is 1. The Morgan fingerprint density at radius 2 is 1.68 bits per heavy atom. The molecule has 0 unspecified atom stereocenters. The molecule has 2 aromatic carbocycles. The van der Waals surface area contributed by atoms with E-state index < -0.39 is 26.0 Å². The van der Waals surface area contributed by atoms with Crippen LogP contribution in [0.1, 0.15) is 24.1 Å². The van der Waals surface area contributed by atoms with E-state index >= 15 is 0 Å². The van der Waals surface area contributed by atoms with Gasteiger partial charge in [0, 0.05) is 30.4 Å². The zero-order valence-electron chi connectivity index (χ0n) is 21.5. The SMILES string of the molecule is CS(=O)(=O)c1ccc(C(=CC2CCOCC2)c2cc3cc(NC(=O)O)cnc3n2S(=O)(=O)c2ccccc2)cc1. The lowest BCUT2D eigenvalue weighted by Gasteiger charge is -2.21. The van der Waals surface area contributed by atoms with Crippen LogP contribution in [0, 0.1) is 5.92 Å². The summed E-state index contributed by atoms with van der Waals surface area (Å²) in [5.41, 5.74) is 1.83. The van der Waals surface area contributed by atoms with Crippen LogP contribution in [0.4, 0.5) is 10.5 Å². The number of allylic oxidation sites excluding steroid dienone is 1. The second-order valence-electron chi connectivity index (χ2n) is 9.51. The molecule has 12 heteroatoms. The lowest BCUT2D eigenvalue weighted by Crippen LogP contribution is -2.18. The fraction of sp³-hybridized carbons (Fsp3) is 0.214. The summed E-state index contributed by atoms with van der Waals surface area (Å²) in [5, 5.41) is 11.8. The third kappa shape index (κ3) is 5.64. The standard InChI is InChI=1S/C28H27N3O7S2/c1-39(34,35)23-9-7-20(8-10-23)25(15-19-11-13-38-14-12-19)26-17-21-16-22(30-28(32)33)18-29-27(21)31(26)40(36,37)24-5-3-2-4-6-24/h2-10,15-19,30H,11-14H2,1H3,(H,32,33). The Morgan fingerprint density at radius 3 is 2.30 bits per heavy atom. The maximum atomic E-state index is 14.1. The summed E-state index contributed by atoms with van der Waals surface area (Å²) in [6.07, 6.45) is 4.59. The first-order valence-corrected chi connectivity index (χ1v) is 15.8. The number of aromatic nitrogens is 2. The van der Waals surface area contributed by atoms with Crippen LogP contribution in [-0.2, 0) is 24.6 Å². The van der Waals surface area contributed by atoms with Crippen molar-refractivity contribution in [3.63, 3.8) is 0 Å². The highest BCUT2D eigenvalue weighted by atomic mass is 32.2. The molecule has 0 bridgehead atoms. The van der Waals surface area contributed by atoms with Gasteiger partial charge in [-0.05, 0) is 60.7 Å². The van der Waals surface area contributed by atoms with Crippen molar-refractivity contribution in [1.82, 2.24) is 8.96 Å². The molecule has 0 aliphatic carbocycles. The van der Waals surface area contributed by atoms with E-state index in [0.29, 0.717) is 35.4 Å². The lowest BCUT2D eigenvalue weighted by molar-refractivity contribution is 0.0786. The van der Waals surface area contributed by atoms with Gasteiger partial charge in [-0.25, -0.2) is 30.6 Å². The van der Waals surface area contributed by atoms with Gasteiger partial charge < -0.3 is 9.84 Å². The van der Waals surface area contributed by atoms with Gasteiger partial charge in [0.05, 0.1) is 27.4 Å². The normalized spacial score (nSPS) is 15.3. The largest absolute Gasteiger partial charge is 0.465 e. The monoisotopic (exact) mass is 581 g/mol. The molecule has 4 aromatic rings. The number of rotatable bonds is 7. The van der Waals surface area contributed by atoms with Crippen LogP contribution in [0.15, 0.2) is 88.8 Å². The first-order chi connectivity index (χ1) is 19.0. The van der Waals surface area contributed by atoms with Crippen molar-refractivity contribution in [3.8, 4) is 0 Å². The average Bonchev–Trinajstić information content (AvgIpc) is 3.31. The third-order valence-corrected chi connectivity index (χ3v) is 9.52. The molecule has 1 saturated heterocycles. The molecule has 0 atom stereocenters. The van der Waals surface area contributed by atoms with E-state index in [1.807, 2.05) is 6.08 Å². The van der Waals surface area contributed by atoms with Crippen LogP contribution in [0.3, 0.4) is 0 Å². The quantitative estimate of drug-likeness (QED) is 0.322. The number of carboxylic acid groups (broad SMARTS) is 1. The molecule has 1 aliphatic heterocycles. The fourth-order valence-electron chi connectivity index (χ4n) is 4.72. The molecule has 2 N–H and O–H groups in total. The van der Waals surface area contributed by atoms with E-state index in [1.165, 1.54) is 36.5 Å². The predicted molar refractivity (Wildman–Crippen MR) is 151 cm³/mol. The zero-order valence-corrected chi connectivity index (χ0v) is 23.2. The van der Waals surface area contributed by atoms with E-state index in [2.05, 4.69) is 10.3 Å². The topological polar surface area (TPSA) is 145 Å². The van der Waals surface area contributed by atoms with Crippen LogP contribution in [0.2, 0.25) is 0 Å². The van der Waals surface area contributed by atoms with Crippen molar-refractivity contribution in [3.05, 3.63) is 90.3 Å². The first kappa shape index (κ1) is 27.6. The van der Waals surface area contributed by atoms with Gasteiger partial charge in [-0.1, -0.05) is 36.4 Å². The molecule has 3 heterocycles. The highest BCUT2D eigenvalue weighted by molar-refractivity contribution is 7.90. The summed E-state index contributed by atoms with van der Waals surface area (Å²) in [5.74, 6) is 0.0847. The Bertz CT molecular complexity index is 1810. The van der Waals surface area contributed by atoms with Gasteiger partial charge in [-0.15, -0.1) is 0 Å². The van der Waals surface area contributed by atoms with Gasteiger partial charge in [-0.3, -0.25) is 5.32 Å². The molecule has 1 amide bonds. The number of nitrogens with zero attached hydrogens (tertiary/aromatic N) is 2. The van der Waals surface area contributed by atoms with E-state index in [9.17, 15) is 26.7 Å². The van der Waals surface area contributed by atoms with Crippen molar-refractivity contribution < 1.29 is 31.5 Å². The van der Waals surface area contributed by atoms with Crippen molar-refractivity contribution in [2.45, 2.75) is 22.6 Å². The number of fused-ring (bicyclic) bond motifs is 1. The number of carbonyl (C=O) groups is 1. The molecular weight excluding hydrogens is 554 g/mol. The molecule has 1 aliphatic rings. The minimum atomic E-state index is -4.16. The Hall–Kier alpha value is -4.00. The Kier molecular flexibility index (Phi) is 7.49. The van der Waals surface area contributed by atoms with Crippen LogP contribution >= 0.6 is 0 Å². The summed E-state index contributed by atoms with van der Waals surface area (Å²) in [7, 11) is -7.60. The number of benzene rings is 2. The number of pyridine rings is 1. The third-order valence-electron chi connectivity index (χ3n) is 6.67. The maximum Gasteiger partial charge on any atom is 0.409 e. The van der Waals surface area contributed by atoms with Gasteiger partial charge in [-0.2, -0.15) is 0 Å². The van der Waals surface area contributed by atoms with Crippen LogP contribution in [0.25, 0.3) is 16.6 Å². The maximum absolute atomic E-state index is 14.1. The van der Waals surface area contributed by atoms with Crippen molar-refractivity contribution in [1.29, 1.82) is 0 Å². The molecule has 10 nitrogen and oxygen atoms in total. The summed E-state index contributed by atoms with van der Waals surface area (Å²) < 4.78 is 59.1. The molecular formula is C28H27N3O7S2. The molecule has 1 fully saturated rings. The number of hydrogen-bond acceptors (Lipinski definition) is 7. The van der Waals surface area contributed by atoms with Gasteiger partial charge in [0.1, 0.15) is 0 Å². The minimum Gasteiger partial charge on any atom is -0.465 e. The second kappa shape index (κ2) is 10.9. The molecule has 0 spiro atoms. The van der Waals surface area contributed by atoms with Crippen LogP contribution in [-0.4, -0.2) is 56.5 Å². The highest BCUT2D eigenvalue weighted by Crippen LogP contribution is 2.35. The molecule has 40 heavy (non-hydrogen) atoms. The van der Waals surface area contributed by atoms with E-state index in [0.717, 1.165) is 23.1 Å². The molecule has 5 rings (SSSR count). The van der Waals surface area contributed by atoms with E-state index in [4.69, 9.17) is 4.74 Å². The van der Waals surface area contributed by atoms with E-state index in [-0.39, 0.29) is 27.0 Å². The molecule has 0 radical (unpaired) electrons.